The highest BCUT2D eigenvalue weighted by Gasteiger charge is 2.14. The van der Waals surface area contributed by atoms with Gasteiger partial charge in [-0.1, -0.05) is 65.2 Å². The van der Waals surface area contributed by atoms with E-state index in [2.05, 4.69) is 24.1 Å². The van der Waals surface area contributed by atoms with Gasteiger partial charge >= 0.3 is 6.09 Å². The van der Waals surface area contributed by atoms with Gasteiger partial charge in [-0.2, -0.15) is 0 Å². The van der Waals surface area contributed by atoms with Crippen molar-refractivity contribution in [1.29, 1.82) is 0 Å². The Labute approximate surface area is 157 Å². The molecular formula is C21H44N2O2. The van der Waals surface area contributed by atoms with Gasteiger partial charge in [0.05, 0.1) is 0 Å². The van der Waals surface area contributed by atoms with E-state index in [1.807, 2.05) is 20.8 Å². The van der Waals surface area contributed by atoms with Crippen molar-refractivity contribution in [1.82, 2.24) is 10.2 Å². The molecule has 0 rings (SSSR count). The Morgan fingerprint density at radius 3 is 1.72 bits per heavy atom. The second-order valence-electron chi connectivity index (χ2n) is 8.18. The van der Waals surface area contributed by atoms with E-state index in [-0.39, 0.29) is 11.6 Å². The number of nitrogens with zero attached hydrogens (tertiary/aromatic N) is 1. The van der Waals surface area contributed by atoms with Crippen molar-refractivity contribution in [2.75, 3.05) is 26.2 Å². The maximum absolute atomic E-state index is 11.8. The van der Waals surface area contributed by atoms with Gasteiger partial charge in [-0.15, -0.1) is 0 Å². The van der Waals surface area contributed by atoms with E-state index < -0.39 is 0 Å². The molecule has 0 heterocycles. The molecule has 25 heavy (non-hydrogen) atoms. The molecule has 1 N–H and O–H groups in total. The van der Waals surface area contributed by atoms with Crippen molar-refractivity contribution in [2.24, 2.45) is 0 Å². The van der Waals surface area contributed by atoms with Gasteiger partial charge in [0, 0.05) is 12.1 Å². The zero-order valence-corrected chi connectivity index (χ0v) is 17.7. The molecule has 4 heteroatoms. The molecule has 0 radical (unpaired) electrons. The van der Waals surface area contributed by atoms with Crippen LogP contribution in [0.2, 0.25) is 0 Å². The van der Waals surface area contributed by atoms with E-state index in [0.29, 0.717) is 6.61 Å². The Morgan fingerprint density at radius 1 is 0.800 bits per heavy atom. The highest BCUT2D eigenvalue weighted by atomic mass is 16.5. The summed E-state index contributed by atoms with van der Waals surface area (Å²) in [6.07, 6.45) is 12.8. The third-order valence-electron chi connectivity index (χ3n) is 4.27. The first-order chi connectivity index (χ1) is 11.9. The van der Waals surface area contributed by atoms with Crippen molar-refractivity contribution in [3.63, 3.8) is 0 Å². The first-order valence-corrected chi connectivity index (χ1v) is 10.6. The molecule has 0 aliphatic heterocycles. The summed E-state index contributed by atoms with van der Waals surface area (Å²) in [6, 6.07) is 0. The number of ether oxygens (including phenoxy) is 1. The second kappa shape index (κ2) is 15.5. The zero-order valence-electron chi connectivity index (χ0n) is 17.7. The molecule has 0 bridgehead atoms. The molecule has 0 unspecified atom stereocenters. The smallest absolute Gasteiger partial charge is 0.407 e. The molecular weight excluding hydrogens is 312 g/mol. The number of carbonyl (C=O) groups is 1. The molecule has 0 aromatic carbocycles. The summed E-state index contributed by atoms with van der Waals surface area (Å²) in [7, 11) is 0. The normalized spacial score (nSPS) is 11.8. The van der Waals surface area contributed by atoms with Crippen LogP contribution >= 0.6 is 0 Å². The Kier molecular flexibility index (Phi) is 15.0. The molecule has 4 nitrogen and oxygen atoms in total. The highest BCUT2D eigenvalue weighted by Crippen LogP contribution is 2.07. The summed E-state index contributed by atoms with van der Waals surface area (Å²) in [5.41, 5.74) is -0.241. The molecule has 0 aromatic rings. The van der Waals surface area contributed by atoms with Crippen LogP contribution in [0.5, 0.6) is 0 Å². The lowest BCUT2D eigenvalue weighted by molar-refractivity contribution is 0.119. The van der Waals surface area contributed by atoms with Crippen LogP contribution in [0.4, 0.5) is 4.79 Å². The lowest BCUT2D eigenvalue weighted by Gasteiger charge is -2.23. The fraction of sp³-hybridized carbons (Fsp3) is 0.952. The molecule has 0 spiro atoms. The molecule has 0 saturated heterocycles. The van der Waals surface area contributed by atoms with E-state index in [9.17, 15) is 4.79 Å². The average molecular weight is 357 g/mol. The Balaban J connectivity index is 4.03. The molecule has 0 saturated carbocycles. The Bertz CT molecular complexity index is 300. The van der Waals surface area contributed by atoms with Gasteiger partial charge in [-0.3, -0.25) is 4.90 Å². The van der Waals surface area contributed by atoms with Gasteiger partial charge in [0.2, 0.25) is 0 Å². The van der Waals surface area contributed by atoms with Crippen LogP contribution in [0.3, 0.4) is 0 Å². The predicted octanol–water partition coefficient (Wildman–Crippen LogP) is 5.75. The van der Waals surface area contributed by atoms with E-state index in [0.717, 1.165) is 19.6 Å². The molecule has 0 atom stereocenters. The lowest BCUT2D eigenvalue weighted by atomic mass is 10.1. The van der Waals surface area contributed by atoms with E-state index in [1.165, 1.54) is 64.2 Å². The van der Waals surface area contributed by atoms with Crippen molar-refractivity contribution >= 4 is 6.09 Å². The van der Waals surface area contributed by atoms with Crippen molar-refractivity contribution < 1.29 is 9.53 Å². The van der Waals surface area contributed by atoms with Crippen LogP contribution in [0.15, 0.2) is 0 Å². The molecule has 0 aromatic heterocycles. The highest BCUT2D eigenvalue weighted by molar-refractivity contribution is 5.68. The van der Waals surface area contributed by atoms with Gasteiger partial charge in [0.1, 0.15) is 6.61 Å². The first kappa shape index (κ1) is 24.2. The van der Waals surface area contributed by atoms with Crippen LogP contribution in [0.1, 0.15) is 98.8 Å². The van der Waals surface area contributed by atoms with E-state index in [1.54, 1.807) is 0 Å². The van der Waals surface area contributed by atoms with Crippen LogP contribution in [0, 0.1) is 0 Å². The van der Waals surface area contributed by atoms with Crippen LogP contribution in [0.25, 0.3) is 0 Å². The fourth-order valence-electron chi connectivity index (χ4n) is 2.82. The lowest BCUT2D eigenvalue weighted by Crippen LogP contribution is -2.41. The summed E-state index contributed by atoms with van der Waals surface area (Å²) < 4.78 is 5.35. The quantitative estimate of drug-likeness (QED) is 0.380. The number of hydrogen-bond donors (Lipinski definition) is 1. The van der Waals surface area contributed by atoms with Crippen LogP contribution in [-0.2, 0) is 4.74 Å². The Morgan fingerprint density at radius 2 is 1.28 bits per heavy atom. The third-order valence-corrected chi connectivity index (χ3v) is 4.27. The topological polar surface area (TPSA) is 41.6 Å². The molecule has 0 fully saturated rings. The molecule has 1 amide bonds. The first-order valence-electron chi connectivity index (χ1n) is 10.6. The maximum atomic E-state index is 11.8. The zero-order chi connectivity index (χ0) is 19.0. The second-order valence-corrected chi connectivity index (χ2v) is 8.18. The number of amides is 1. The van der Waals surface area contributed by atoms with Gasteiger partial charge < -0.3 is 10.1 Å². The molecule has 150 valence electrons. The minimum Gasteiger partial charge on any atom is -0.448 e. The number of rotatable bonds is 15. The third kappa shape index (κ3) is 17.8. The van der Waals surface area contributed by atoms with Crippen LogP contribution < -0.4 is 5.32 Å². The summed E-state index contributed by atoms with van der Waals surface area (Å²) >= 11 is 0. The summed E-state index contributed by atoms with van der Waals surface area (Å²) in [5, 5.41) is 2.85. The number of hydrogen-bond acceptors (Lipinski definition) is 3. The average Bonchev–Trinajstić information content (AvgIpc) is 2.52. The SMILES string of the molecule is CCCCCCCN(CCCCCCC)CCOC(=O)NC(C)(C)C. The van der Waals surface area contributed by atoms with E-state index >= 15 is 0 Å². The fourth-order valence-corrected chi connectivity index (χ4v) is 2.82. The Hall–Kier alpha value is -0.770. The number of unbranched alkanes of at least 4 members (excludes halogenated alkanes) is 8. The number of carbonyl (C=O) groups excluding carboxylic acids is 1. The van der Waals surface area contributed by atoms with Gasteiger partial charge in [0.15, 0.2) is 0 Å². The van der Waals surface area contributed by atoms with Gasteiger partial charge in [-0.05, 0) is 46.7 Å². The predicted molar refractivity (Wildman–Crippen MR) is 108 cm³/mol. The number of nitrogens with one attached hydrogen (secondary N) is 1. The number of alkyl carbamates (subject to hydrolysis) is 1. The van der Waals surface area contributed by atoms with Crippen molar-refractivity contribution in [3.05, 3.63) is 0 Å². The van der Waals surface area contributed by atoms with Crippen LogP contribution in [-0.4, -0.2) is 42.8 Å². The summed E-state index contributed by atoms with van der Waals surface area (Å²) in [4.78, 5) is 14.2. The summed E-state index contributed by atoms with van der Waals surface area (Å²) in [6.45, 7) is 14.0. The monoisotopic (exact) mass is 356 g/mol. The van der Waals surface area contributed by atoms with Gasteiger partial charge in [-0.25, -0.2) is 4.79 Å². The summed E-state index contributed by atoms with van der Waals surface area (Å²) in [5.74, 6) is 0. The minimum atomic E-state index is -0.307. The molecule has 0 aliphatic carbocycles. The van der Waals surface area contributed by atoms with Crippen molar-refractivity contribution in [2.45, 2.75) is 104 Å². The van der Waals surface area contributed by atoms with E-state index in [4.69, 9.17) is 4.74 Å². The van der Waals surface area contributed by atoms with Crippen molar-refractivity contribution in [3.8, 4) is 0 Å². The maximum Gasteiger partial charge on any atom is 0.407 e. The largest absolute Gasteiger partial charge is 0.448 e. The molecule has 0 aliphatic rings. The standard InChI is InChI=1S/C21H44N2O2/c1-6-8-10-12-14-16-23(17-15-13-11-9-7-2)18-19-25-20(24)22-21(3,4)5/h6-19H2,1-5H3,(H,22,24). The minimum absolute atomic E-state index is 0.241. The van der Waals surface area contributed by atoms with Gasteiger partial charge in [0.25, 0.3) is 0 Å².